The van der Waals surface area contributed by atoms with Crippen LogP contribution >= 0.6 is 0 Å². The smallest absolute Gasteiger partial charge is 0.312 e. The molecule has 138 valence electrons. The molecule has 2 aliphatic rings. The molecule has 1 aromatic carbocycles. The molecule has 1 aliphatic heterocycles. The fraction of sp³-hybridized carbons (Fsp3) is 0.227. The highest BCUT2D eigenvalue weighted by molar-refractivity contribution is 5.79. The summed E-state index contributed by atoms with van der Waals surface area (Å²) in [6, 6.07) is 9.53. The van der Waals surface area contributed by atoms with Gasteiger partial charge in [-0.2, -0.15) is 0 Å². The van der Waals surface area contributed by atoms with E-state index in [4.69, 9.17) is 13.9 Å². The zero-order valence-corrected chi connectivity index (χ0v) is 15.2. The van der Waals surface area contributed by atoms with Gasteiger partial charge < -0.3 is 18.8 Å². The Hall–Kier alpha value is -3.21. The minimum absolute atomic E-state index is 0.0885. The summed E-state index contributed by atoms with van der Waals surface area (Å²) in [6.45, 7) is 0. The van der Waals surface area contributed by atoms with E-state index in [0.29, 0.717) is 0 Å². The molecule has 1 saturated heterocycles. The van der Waals surface area contributed by atoms with Crippen LogP contribution in [0.3, 0.4) is 0 Å². The predicted molar refractivity (Wildman–Crippen MR) is 102 cm³/mol. The van der Waals surface area contributed by atoms with Crippen LogP contribution in [0.15, 0.2) is 83.4 Å². The molecule has 2 heterocycles. The molecule has 27 heavy (non-hydrogen) atoms. The molecular weight excluding hydrogens is 342 g/mol. The Morgan fingerprint density at radius 2 is 1.89 bits per heavy atom. The van der Waals surface area contributed by atoms with Crippen LogP contribution in [-0.2, 0) is 9.53 Å². The number of furan rings is 1. The molecule has 0 N–H and O–H groups in total. The summed E-state index contributed by atoms with van der Waals surface area (Å²) in [5, 5.41) is 0. The van der Waals surface area contributed by atoms with Crippen LogP contribution in [0.4, 0.5) is 5.69 Å². The van der Waals surface area contributed by atoms with Gasteiger partial charge in [0.1, 0.15) is 5.75 Å². The molecular formula is C22H21NO4. The molecule has 4 rings (SSSR count). The Labute approximate surface area is 158 Å². The maximum absolute atomic E-state index is 12.8. The van der Waals surface area contributed by atoms with Crippen LogP contribution < -0.4 is 9.64 Å². The molecule has 5 heteroatoms. The van der Waals surface area contributed by atoms with E-state index in [1.54, 1.807) is 19.6 Å². The Bertz CT molecular complexity index is 893. The number of hydrogen-bond donors (Lipinski definition) is 0. The summed E-state index contributed by atoms with van der Waals surface area (Å²) >= 11 is 0. The topological polar surface area (TPSA) is 51.9 Å². The largest absolute Gasteiger partial charge is 0.497 e. The quantitative estimate of drug-likeness (QED) is 0.760. The minimum Gasteiger partial charge on any atom is -0.497 e. The van der Waals surface area contributed by atoms with Gasteiger partial charge in [0, 0.05) is 22.9 Å². The van der Waals surface area contributed by atoms with E-state index >= 15 is 0 Å². The van der Waals surface area contributed by atoms with Crippen molar-refractivity contribution in [3.8, 4) is 5.75 Å². The molecule has 0 radical (unpaired) electrons. The number of rotatable bonds is 4. The zero-order valence-electron chi connectivity index (χ0n) is 15.2. The van der Waals surface area contributed by atoms with Crippen molar-refractivity contribution in [2.45, 2.75) is 6.04 Å². The van der Waals surface area contributed by atoms with Crippen molar-refractivity contribution in [3.63, 3.8) is 0 Å². The lowest BCUT2D eigenvalue weighted by molar-refractivity contribution is -0.146. The highest BCUT2D eigenvalue weighted by Gasteiger charge is 2.50. The molecule has 1 unspecified atom stereocenters. The van der Waals surface area contributed by atoms with Gasteiger partial charge in [-0.1, -0.05) is 24.3 Å². The lowest BCUT2D eigenvalue weighted by atomic mass is 9.86. The van der Waals surface area contributed by atoms with Crippen LogP contribution in [0.2, 0.25) is 0 Å². The Kier molecular flexibility index (Phi) is 4.59. The number of allylic oxidation sites excluding steroid dienone is 5. The van der Waals surface area contributed by atoms with Crippen LogP contribution in [-0.4, -0.2) is 20.2 Å². The molecule has 3 atom stereocenters. The molecule has 5 nitrogen and oxygen atoms in total. The second-order valence-corrected chi connectivity index (χ2v) is 6.51. The SMILES string of the molecule is COC(=O)[C@@H]1C2C=CC=CC=C2N(c2ccc(OC)cc2)[C@H]1c1ccoc1. The van der Waals surface area contributed by atoms with Gasteiger partial charge in [0.15, 0.2) is 0 Å². The summed E-state index contributed by atoms with van der Waals surface area (Å²) in [6.07, 6.45) is 13.4. The van der Waals surface area contributed by atoms with E-state index < -0.39 is 0 Å². The van der Waals surface area contributed by atoms with Crippen LogP contribution in [0.25, 0.3) is 0 Å². The fourth-order valence-electron chi connectivity index (χ4n) is 3.94. The Morgan fingerprint density at radius 1 is 1.07 bits per heavy atom. The first kappa shape index (κ1) is 17.2. The molecule has 1 fully saturated rings. The van der Waals surface area contributed by atoms with E-state index in [1.807, 2.05) is 48.6 Å². The normalized spacial score (nSPS) is 23.6. The van der Waals surface area contributed by atoms with E-state index in [-0.39, 0.29) is 23.8 Å². The van der Waals surface area contributed by atoms with E-state index in [9.17, 15) is 4.79 Å². The second-order valence-electron chi connectivity index (χ2n) is 6.51. The number of anilines is 1. The predicted octanol–water partition coefficient (Wildman–Crippen LogP) is 4.26. The lowest BCUT2D eigenvalue weighted by Crippen LogP contribution is -2.29. The molecule has 2 aromatic rings. The number of carbonyl (C=O) groups is 1. The number of ether oxygens (including phenoxy) is 2. The third-order valence-electron chi connectivity index (χ3n) is 5.14. The number of fused-ring (bicyclic) bond motifs is 1. The van der Waals surface area contributed by atoms with Crippen molar-refractivity contribution < 1.29 is 18.7 Å². The third-order valence-corrected chi connectivity index (χ3v) is 5.14. The average Bonchev–Trinajstić information content (AvgIpc) is 3.27. The lowest BCUT2D eigenvalue weighted by Gasteiger charge is -2.29. The Morgan fingerprint density at radius 3 is 2.56 bits per heavy atom. The van der Waals surface area contributed by atoms with Gasteiger partial charge in [-0.3, -0.25) is 4.79 Å². The van der Waals surface area contributed by atoms with Gasteiger partial charge in [0.05, 0.1) is 38.7 Å². The number of carbonyl (C=O) groups excluding carboxylic acids is 1. The zero-order chi connectivity index (χ0) is 18.8. The molecule has 1 aliphatic carbocycles. The monoisotopic (exact) mass is 363 g/mol. The summed E-state index contributed by atoms with van der Waals surface area (Å²) in [4.78, 5) is 15.0. The number of hydrogen-bond acceptors (Lipinski definition) is 5. The molecule has 0 amide bonds. The second kappa shape index (κ2) is 7.19. The summed E-state index contributed by atoms with van der Waals surface area (Å²) in [7, 11) is 3.08. The number of esters is 1. The first-order valence-electron chi connectivity index (χ1n) is 8.83. The van der Waals surface area contributed by atoms with E-state index in [2.05, 4.69) is 17.1 Å². The average molecular weight is 363 g/mol. The van der Waals surface area contributed by atoms with Gasteiger partial charge in [-0.05, 0) is 36.4 Å². The molecule has 0 spiro atoms. The van der Waals surface area contributed by atoms with Gasteiger partial charge in [-0.25, -0.2) is 0 Å². The highest BCUT2D eigenvalue weighted by atomic mass is 16.5. The first-order valence-corrected chi connectivity index (χ1v) is 8.83. The first-order chi connectivity index (χ1) is 13.2. The van der Waals surface area contributed by atoms with Crippen LogP contribution in [0, 0.1) is 11.8 Å². The van der Waals surface area contributed by atoms with Crippen LogP contribution in [0.5, 0.6) is 5.75 Å². The highest BCUT2D eigenvalue weighted by Crippen LogP contribution is 2.51. The number of nitrogens with zero attached hydrogens (tertiary/aromatic N) is 1. The van der Waals surface area contributed by atoms with Crippen molar-refractivity contribution in [1.29, 1.82) is 0 Å². The molecule has 0 bridgehead atoms. The summed E-state index contributed by atoms with van der Waals surface area (Å²) in [5.41, 5.74) is 2.97. The summed E-state index contributed by atoms with van der Waals surface area (Å²) < 4.78 is 15.8. The summed E-state index contributed by atoms with van der Waals surface area (Å²) in [5.74, 6) is 0.0831. The van der Waals surface area contributed by atoms with Gasteiger partial charge in [-0.15, -0.1) is 0 Å². The fourth-order valence-corrected chi connectivity index (χ4v) is 3.94. The van der Waals surface area contributed by atoms with Crippen molar-refractivity contribution >= 4 is 11.7 Å². The van der Waals surface area contributed by atoms with E-state index in [1.165, 1.54) is 7.11 Å². The number of methoxy groups -OCH3 is 2. The maximum atomic E-state index is 12.8. The minimum atomic E-state index is -0.378. The van der Waals surface area contributed by atoms with Crippen molar-refractivity contribution in [2.24, 2.45) is 11.8 Å². The van der Waals surface area contributed by atoms with Crippen LogP contribution in [0.1, 0.15) is 11.6 Å². The standard InChI is InChI=1S/C22H21NO4/c1-25-17-10-8-16(9-11-17)23-19-7-5-3-4-6-18(19)20(22(24)26-2)21(23)15-12-13-27-14-15/h3-14,18,20-21H,1-2H3/t18?,20-,21+/m1/s1. The van der Waals surface area contributed by atoms with Crippen molar-refractivity contribution in [2.75, 3.05) is 19.1 Å². The number of benzene rings is 1. The van der Waals surface area contributed by atoms with E-state index in [0.717, 1.165) is 22.7 Å². The maximum Gasteiger partial charge on any atom is 0.312 e. The Balaban J connectivity index is 1.88. The molecule has 1 aromatic heterocycles. The van der Waals surface area contributed by atoms with Crippen molar-refractivity contribution in [1.82, 2.24) is 0 Å². The van der Waals surface area contributed by atoms with Gasteiger partial charge in [0.2, 0.25) is 0 Å². The van der Waals surface area contributed by atoms with Crippen molar-refractivity contribution in [3.05, 3.63) is 84.5 Å². The molecule has 0 saturated carbocycles. The van der Waals surface area contributed by atoms with Gasteiger partial charge in [0.25, 0.3) is 0 Å². The third kappa shape index (κ3) is 2.95. The van der Waals surface area contributed by atoms with Gasteiger partial charge >= 0.3 is 5.97 Å².